The molecule has 0 radical (unpaired) electrons. The van der Waals surface area contributed by atoms with Gasteiger partial charge in [0, 0.05) is 30.8 Å². The van der Waals surface area contributed by atoms with Gasteiger partial charge in [0.25, 0.3) is 0 Å². The molecule has 7 nitrogen and oxygen atoms in total. The summed E-state index contributed by atoms with van der Waals surface area (Å²) in [4.78, 5) is 19.1. The molecule has 1 aromatic carbocycles. The maximum absolute atomic E-state index is 13.7. The summed E-state index contributed by atoms with van der Waals surface area (Å²) in [5, 5.41) is 18.9. The largest absolute Gasteiger partial charge is 0.491 e. The molecule has 1 fully saturated rings. The SMILES string of the molecule is CC1CCc2c(F)ccc(OCC3CNCCO3)c21.O=C(O)/C=C/C(=O)O. The molecule has 0 amide bonds. The lowest BCUT2D eigenvalue weighted by Gasteiger charge is -2.24. The Hall–Kier alpha value is -2.45. The minimum Gasteiger partial charge on any atom is -0.491 e. The van der Waals surface area contributed by atoms with Gasteiger partial charge in [0.15, 0.2) is 0 Å². The lowest BCUT2D eigenvalue weighted by Crippen LogP contribution is -2.41. The highest BCUT2D eigenvalue weighted by Gasteiger charge is 2.26. The normalized spacial score (nSPS) is 21.3. The van der Waals surface area contributed by atoms with Crippen LogP contribution < -0.4 is 10.1 Å². The Morgan fingerprint density at radius 1 is 1.33 bits per heavy atom. The summed E-state index contributed by atoms with van der Waals surface area (Å²) in [6.07, 6.45) is 3.03. The molecule has 3 N–H and O–H groups in total. The second kappa shape index (κ2) is 10.0. The van der Waals surface area contributed by atoms with Crippen LogP contribution in [-0.4, -0.2) is 54.6 Å². The molecule has 0 spiro atoms. The molecule has 27 heavy (non-hydrogen) atoms. The number of carboxylic acids is 2. The Morgan fingerprint density at radius 3 is 2.63 bits per heavy atom. The minimum absolute atomic E-state index is 0.0890. The molecule has 2 unspecified atom stereocenters. The van der Waals surface area contributed by atoms with Crippen molar-refractivity contribution >= 4 is 11.9 Å². The van der Waals surface area contributed by atoms with Crippen molar-refractivity contribution in [2.75, 3.05) is 26.3 Å². The van der Waals surface area contributed by atoms with Gasteiger partial charge in [-0.2, -0.15) is 0 Å². The van der Waals surface area contributed by atoms with Crippen LogP contribution in [0.4, 0.5) is 4.39 Å². The molecule has 148 valence electrons. The van der Waals surface area contributed by atoms with Gasteiger partial charge in [-0.3, -0.25) is 0 Å². The van der Waals surface area contributed by atoms with E-state index >= 15 is 0 Å². The fourth-order valence-corrected chi connectivity index (χ4v) is 3.09. The molecule has 1 aromatic rings. The van der Waals surface area contributed by atoms with Crippen LogP contribution in [0.5, 0.6) is 5.75 Å². The summed E-state index contributed by atoms with van der Waals surface area (Å²) in [6.45, 7) is 5.11. The Labute approximate surface area is 156 Å². The van der Waals surface area contributed by atoms with E-state index in [-0.39, 0.29) is 11.9 Å². The van der Waals surface area contributed by atoms with Gasteiger partial charge in [-0.1, -0.05) is 6.92 Å². The second-order valence-corrected chi connectivity index (χ2v) is 6.40. The maximum Gasteiger partial charge on any atom is 0.328 e. The zero-order chi connectivity index (χ0) is 19.8. The van der Waals surface area contributed by atoms with Crippen molar-refractivity contribution in [1.29, 1.82) is 0 Å². The monoisotopic (exact) mass is 381 g/mol. The van der Waals surface area contributed by atoms with E-state index in [1.54, 1.807) is 6.07 Å². The van der Waals surface area contributed by atoms with Gasteiger partial charge in [-0.25, -0.2) is 14.0 Å². The first-order valence-electron chi connectivity index (χ1n) is 8.78. The van der Waals surface area contributed by atoms with E-state index in [9.17, 15) is 14.0 Å². The van der Waals surface area contributed by atoms with Gasteiger partial charge in [0.1, 0.15) is 24.3 Å². The van der Waals surface area contributed by atoms with Crippen molar-refractivity contribution in [2.45, 2.75) is 31.8 Å². The van der Waals surface area contributed by atoms with E-state index < -0.39 is 11.9 Å². The predicted molar refractivity (Wildman–Crippen MR) is 95.7 cm³/mol. The molecule has 0 saturated carbocycles. The number of ether oxygens (including phenoxy) is 2. The van der Waals surface area contributed by atoms with Crippen molar-refractivity contribution in [3.05, 3.63) is 41.2 Å². The highest BCUT2D eigenvalue weighted by molar-refractivity contribution is 5.89. The van der Waals surface area contributed by atoms with Gasteiger partial charge in [-0.15, -0.1) is 0 Å². The smallest absolute Gasteiger partial charge is 0.328 e. The van der Waals surface area contributed by atoms with Crippen LogP contribution in [0.3, 0.4) is 0 Å². The molecule has 2 atom stereocenters. The van der Waals surface area contributed by atoms with E-state index in [0.717, 1.165) is 49.4 Å². The van der Waals surface area contributed by atoms with Gasteiger partial charge >= 0.3 is 11.9 Å². The maximum atomic E-state index is 13.7. The minimum atomic E-state index is -1.26. The van der Waals surface area contributed by atoms with Crippen LogP contribution in [0.25, 0.3) is 0 Å². The fraction of sp³-hybridized carbons (Fsp3) is 0.474. The number of carbonyl (C=O) groups is 2. The number of morpholine rings is 1. The summed E-state index contributed by atoms with van der Waals surface area (Å²) >= 11 is 0. The van der Waals surface area contributed by atoms with Crippen molar-refractivity contribution in [1.82, 2.24) is 5.32 Å². The van der Waals surface area contributed by atoms with Crippen molar-refractivity contribution in [2.24, 2.45) is 0 Å². The number of rotatable bonds is 5. The first kappa shape index (κ1) is 20.9. The number of carboxylic acid groups (broad SMARTS) is 2. The van der Waals surface area contributed by atoms with Gasteiger partial charge in [-0.05, 0) is 36.5 Å². The summed E-state index contributed by atoms with van der Waals surface area (Å²) < 4.78 is 25.2. The quantitative estimate of drug-likeness (QED) is 0.670. The van der Waals surface area contributed by atoms with Crippen LogP contribution in [0.1, 0.15) is 30.4 Å². The first-order valence-corrected chi connectivity index (χ1v) is 8.78. The van der Waals surface area contributed by atoms with Crippen LogP contribution in [-0.2, 0) is 20.7 Å². The first-order chi connectivity index (χ1) is 12.9. The van der Waals surface area contributed by atoms with Crippen molar-refractivity contribution in [3.63, 3.8) is 0 Å². The summed E-state index contributed by atoms with van der Waals surface area (Å²) in [6, 6.07) is 3.28. The van der Waals surface area contributed by atoms with Crippen molar-refractivity contribution in [3.8, 4) is 5.75 Å². The number of aliphatic carboxylic acids is 2. The molecule has 1 saturated heterocycles. The van der Waals surface area contributed by atoms with E-state index in [2.05, 4.69) is 12.2 Å². The highest BCUT2D eigenvalue weighted by Crippen LogP contribution is 2.40. The standard InChI is InChI=1S/C15H20FNO2.C4H4O4/c1-10-2-3-12-13(16)4-5-14(15(10)12)19-9-11-8-17-6-7-18-11;5-3(6)1-2-4(7)8/h4-5,10-11,17H,2-3,6-9H2,1H3;1-2H,(H,5,6)(H,7,8)/b;2-1+. The van der Waals surface area contributed by atoms with Crippen LogP contribution in [0.2, 0.25) is 0 Å². The van der Waals surface area contributed by atoms with E-state index in [0.29, 0.717) is 24.7 Å². The topological polar surface area (TPSA) is 105 Å². The second-order valence-electron chi connectivity index (χ2n) is 6.40. The predicted octanol–water partition coefficient (Wildman–Crippen LogP) is 1.95. The molecule has 2 aliphatic rings. The molecular formula is C19H24FNO6. The average molecular weight is 381 g/mol. The number of fused-ring (bicyclic) bond motifs is 1. The Bertz CT molecular complexity index is 684. The van der Waals surface area contributed by atoms with Crippen molar-refractivity contribution < 1.29 is 33.7 Å². The van der Waals surface area contributed by atoms with E-state index in [1.165, 1.54) is 6.07 Å². The molecule has 1 aliphatic carbocycles. The van der Waals surface area contributed by atoms with Crippen LogP contribution in [0.15, 0.2) is 24.3 Å². The third-order valence-corrected chi connectivity index (χ3v) is 4.38. The highest BCUT2D eigenvalue weighted by atomic mass is 19.1. The third-order valence-electron chi connectivity index (χ3n) is 4.38. The average Bonchev–Trinajstić information content (AvgIpc) is 3.04. The molecule has 0 aromatic heterocycles. The summed E-state index contributed by atoms with van der Waals surface area (Å²) in [5.41, 5.74) is 1.90. The number of nitrogens with one attached hydrogen (secondary N) is 1. The lowest BCUT2D eigenvalue weighted by atomic mass is 10.0. The van der Waals surface area contributed by atoms with Gasteiger partial charge < -0.3 is 25.0 Å². The fourth-order valence-electron chi connectivity index (χ4n) is 3.09. The Kier molecular flexibility index (Phi) is 7.75. The third kappa shape index (κ3) is 6.33. The molecule has 8 heteroatoms. The molecule has 1 aliphatic heterocycles. The molecular weight excluding hydrogens is 357 g/mol. The number of halogens is 1. The number of hydrogen-bond acceptors (Lipinski definition) is 5. The zero-order valence-electron chi connectivity index (χ0n) is 15.1. The van der Waals surface area contributed by atoms with Crippen LogP contribution in [0, 0.1) is 5.82 Å². The molecule has 3 rings (SSSR count). The van der Waals surface area contributed by atoms with E-state index in [4.69, 9.17) is 19.7 Å². The van der Waals surface area contributed by atoms with E-state index in [1.807, 2.05) is 0 Å². The Morgan fingerprint density at radius 2 is 2.04 bits per heavy atom. The number of benzene rings is 1. The molecule has 1 heterocycles. The van der Waals surface area contributed by atoms with Gasteiger partial charge in [0.2, 0.25) is 0 Å². The number of hydrogen-bond donors (Lipinski definition) is 3. The lowest BCUT2D eigenvalue weighted by molar-refractivity contribution is -0.134. The molecule has 0 bridgehead atoms. The van der Waals surface area contributed by atoms with Gasteiger partial charge in [0.05, 0.1) is 6.61 Å². The van der Waals surface area contributed by atoms with Crippen LogP contribution >= 0.6 is 0 Å². The zero-order valence-corrected chi connectivity index (χ0v) is 15.1. The Balaban J connectivity index is 0.000000279. The summed E-state index contributed by atoms with van der Waals surface area (Å²) in [7, 11) is 0. The summed E-state index contributed by atoms with van der Waals surface area (Å²) in [5.74, 6) is -1.40.